The minimum absolute atomic E-state index is 0.0484. The number of hydrogen-bond acceptors (Lipinski definition) is 4. The Morgan fingerprint density at radius 1 is 0.794 bits per heavy atom. The van der Waals surface area contributed by atoms with Gasteiger partial charge in [0.1, 0.15) is 0 Å². The van der Waals surface area contributed by atoms with Crippen LogP contribution in [0.1, 0.15) is 37.9 Å². The van der Waals surface area contributed by atoms with Crippen molar-refractivity contribution in [3.05, 3.63) is 89.8 Å². The van der Waals surface area contributed by atoms with Gasteiger partial charge < -0.3 is 0 Å². The predicted molar refractivity (Wildman–Crippen MR) is 115 cm³/mol. The molecule has 176 valence electrons. The molecule has 0 aliphatic carbocycles. The average Bonchev–Trinajstić information content (AvgIpc) is 3.30. The van der Waals surface area contributed by atoms with E-state index >= 15 is 0 Å². The number of alkyl halides is 3. The Morgan fingerprint density at radius 3 is 2.09 bits per heavy atom. The fourth-order valence-corrected chi connectivity index (χ4v) is 3.64. The Morgan fingerprint density at radius 2 is 1.47 bits per heavy atom. The minimum Gasteiger partial charge on any atom is -0.252 e. The maximum absolute atomic E-state index is 14.3. The van der Waals surface area contributed by atoms with Gasteiger partial charge in [-0.2, -0.15) is 32.0 Å². The summed E-state index contributed by atoms with van der Waals surface area (Å²) in [6, 6.07) is 13.3. The van der Waals surface area contributed by atoms with Crippen molar-refractivity contribution in [1.29, 1.82) is 0 Å². The highest BCUT2D eigenvalue weighted by atomic mass is 19.4. The van der Waals surface area contributed by atoms with Crippen molar-refractivity contribution in [3.63, 3.8) is 0 Å². The first kappa shape index (κ1) is 23.5. The van der Waals surface area contributed by atoms with Crippen LogP contribution >= 0.6 is 0 Å². The van der Waals surface area contributed by atoms with E-state index in [0.29, 0.717) is 11.4 Å². The summed E-state index contributed by atoms with van der Waals surface area (Å²) in [5, 5.41) is 3.60. The molecule has 0 N–H and O–H groups in total. The summed E-state index contributed by atoms with van der Waals surface area (Å²) in [5.74, 6) is -1.75. The van der Waals surface area contributed by atoms with Gasteiger partial charge in [0.2, 0.25) is 11.9 Å². The smallest absolute Gasteiger partial charge is 0.252 e. The van der Waals surface area contributed by atoms with Gasteiger partial charge in [-0.3, -0.25) is 4.98 Å². The molecule has 0 amide bonds. The van der Waals surface area contributed by atoms with Gasteiger partial charge in [0.15, 0.2) is 11.5 Å². The van der Waals surface area contributed by atoms with Crippen molar-refractivity contribution in [1.82, 2.24) is 24.7 Å². The lowest BCUT2D eigenvalue weighted by molar-refractivity contribution is -0.141. The summed E-state index contributed by atoms with van der Waals surface area (Å²) in [6.45, 7) is 5.82. The van der Waals surface area contributed by atoms with E-state index < -0.39 is 29.2 Å². The van der Waals surface area contributed by atoms with Gasteiger partial charge >= 0.3 is 6.18 Å². The molecule has 5 nitrogen and oxygen atoms in total. The van der Waals surface area contributed by atoms with Crippen LogP contribution in [-0.2, 0) is 11.6 Å². The minimum atomic E-state index is -4.57. The van der Waals surface area contributed by atoms with Gasteiger partial charge in [0.25, 0.3) is 0 Å². The fourth-order valence-electron chi connectivity index (χ4n) is 3.64. The first-order valence-corrected chi connectivity index (χ1v) is 10.4. The molecular weight excluding hydrogens is 453 g/mol. The summed E-state index contributed by atoms with van der Waals surface area (Å²) in [4.78, 5) is 12.4. The third kappa shape index (κ3) is 4.27. The van der Waals surface area contributed by atoms with Crippen LogP contribution in [0.2, 0.25) is 0 Å². The standard InChI is InChI=1S/C24H20F5N5/c1-14(2)23(3,17-7-4-6-16(30-17)15-10-11-20(25)32-22(15)26)18-8-5-9-21(31-18)34-13-12-19(33-34)24(27,28)29/h4-14H,1-3H3. The van der Waals surface area contributed by atoms with E-state index in [-0.39, 0.29) is 23.0 Å². The van der Waals surface area contributed by atoms with Crippen LogP contribution in [0.3, 0.4) is 0 Å². The number of pyridine rings is 3. The quantitative estimate of drug-likeness (QED) is 0.264. The maximum Gasteiger partial charge on any atom is 0.435 e. The lowest BCUT2D eigenvalue weighted by atomic mass is 9.73. The van der Waals surface area contributed by atoms with Gasteiger partial charge in [0.05, 0.1) is 28.1 Å². The molecule has 0 aliphatic heterocycles. The highest BCUT2D eigenvalue weighted by Gasteiger charge is 2.37. The Balaban J connectivity index is 1.79. The molecule has 0 saturated heterocycles. The Bertz CT molecular complexity index is 1330. The monoisotopic (exact) mass is 473 g/mol. The van der Waals surface area contributed by atoms with Crippen molar-refractivity contribution in [2.45, 2.75) is 32.4 Å². The Hall–Kier alpha value is -3.69. The van der Waals surface area contributed by atoms with Gasteiger partial charge in [-0.25, -0.2) is 9.67 Å². The number of hydrogen-bond donors (Lipinski definition) is 0. The average molecular weight is 473 g/mol. The number of nitrogens with zero attached hydrogens (tertiary/aromatic N) is 5. The van der Waals surface area contributed by atoms with Crippen LogP contribution in [0.15, 0.2) is 60.8 Å². The van der Waals surface area contributed by atoms with Gasteiger partial charge in [-0.15, -0.1) is 0 Å². The topological polar surface area (TPSA) is 56.5 Å². The van der Waals surface area contributed by atoms with Crippen LogP contribution in [-0.4, -0.2) is 24.7 Å². The molecule has 10 heteroatoms. The van der Waals surface area contributed by atoms with Gasteiger partial charge in [-0.05, 0) is 55.3 Å². The number of halogens is 5. The first-order valence-electron chi connectivity index (χ1n) is 10.4. The summed E-state index contributed by atoms with van der Waals surface area (Å²) < 4.78 is 67.6. The molecule has 0 bridgehead atoms. The second-order valence-electron chi connectivity index (χ2n) is 8.26. The van der Waals surface area contributed by atoms with E-state index in [4.69, 9.17) is 0 Å². The molecule has 0 aliphatic rings. The molecule has 34 heavy (non-hydrogen) atoms. The van der Waals surface area contributed by atoms with E-state index in [1.54, 1.807) is 36.4 Å². The van der Waals surface area contributed by atoms with E-state index in [2.05, 4.69) is 20.1 Å². The highest BCUT2D eigenvalue weighted by Crippen LogP contribution is 2.38. The lowest BCUT2D eigenvalue weighted by Gasteiger charge is -2.33. The van der Waals surface area contributed by atoms with Crippen LogP contribution in [0.25, 0.3) is 17.1 Å². The third-order valence-corrected chi connectivity index (χ3v) is 5.91. The fraction of sp³-hybridized carbons (Fsp3) is 0.250. The molecule has 0 saturated carbocycles. The van der Waals surface area contributed by atoms with Crippen molar-refractivity contribution >= 4 is 0 Å². The van der Waals surface area contributed by atoms with Crippen LogP contribution in [0.4, 0.5) is 22.0 Å². The van der Waals surface area contributed by atoms with Crippen LogP contribution in [0.5, 0.6) is 0 Å². The Kier molecular flexibility index (Phi) is 5.93. The second-order valence-corrected chi connectivity index (χ2v) is 8.26. The van der Waals surface area contributed by atoms with E-state index in [0.717, 1.165) is 16.8 Å². The number of rotatable bonds is 5. The predicted octanol–water partition coefficient (Wildman–Crippen LogP) is 5.98. The van der Waals surface area contributed by atoms with E-state index in [1.807, 2.05) is 20.8 Å². The van der Waals surface area contributed by atoms with Crippen molar-refractivity contribution in [2.75, 3.05) is 0 Å². The molecule has 4 aromatic rings. The second kappa shape index (κ2) is 8.58. The summed E-state index contributed by atoms with van der Waals surface area (Å²) in [5.41, 5.74) is -0.387. The molecule has 1 unspecified atom stereocenters. The summed E-state index contributed by atoms with van der Waals surface area (Å²) >= 11 is 0. The van der Waals surface area contributed by atoms with Gasteiger partial charge in [0, 0.05) is 6.20 Å². The van der Waals surface area contributed by atoms with Crippen molar-refractivity contribution in [3.8, 4) is 17.1 Å². The third-order valence-electron chi connectivity index (χ3n) is 5.91. The van der Waals surface area contributed by atoms with Crippen LogP contribution in [0, 0.1) is 17.8 Å². The molecule has 0 spiro atoms. The van der Waals surface area contributed by atoms with Gasteiger partial charge in [-0.1, -0.05) is 26.0 Å². The zero-order valence-electron chi connectivity index (χ0n) is 18.5. The zero-order chi connectivity index (χ0) is 24.7. The largest absolute Gasteiger partial charge is 0.435 e. The molecule has 0 radical (unpaired) electrons. The van der Waals surface area contributed by atoms with E-state index in [9.17, 15) is 22.0 Å². The molecule has 1 atom stereocenters. The molecule has 0 fully saturated rings. The molecule has 0 aromatic carbocycles. The summed E-state index contributed by atoms with van der Waals surface area (Å²) in [6.07, 6.45) is -3.37. The SMILES string of the molecule is CC(C)C(C)(c1cccc(-c2ccc(F)nc2F)n1)c1cccc(-n2ccc(C(F)(F)F)n2)n1. The maximum atomic E-state index is 14.3. The number of aromatic nitrogens is 5. The molecule has 4 heterocycles. The van der Waals surface area contributed by atoms with Crippen LogP contribution < -0.4 is 0 Å². The highest BCUT2D eigenvalue weighted by molar-refractivity contribution is 5.59. The van der Waals surface area contributed by atoms with Crippen molar-refractivity contribution in [2.24, 2.45) is 5.92 Å². The van der Waals surface area contributed by atoms with Crippen molar-refractivity contribution < 1.29 is 22.0 Å². The zero-order valence-corrected chi connectivity index (χ0v) is 18.5. The summed E-state index contributed by atoms with van der Waals surface area (Å²) in [7, 11) is 0. The Labute approximate surface area is 192 Å². The molecular formula is C24H20F5N5. The molecule has 4 rings (SSSR count). The molecule has 4 aromatic heterocycles. The lowest BCUT2D eigenvalue weighted by Crippen LogP contribution is -2.32. The first-order chi connectivity index (χ1) is 16.0. The van der Waals surface area contributed by atoms with E-state index in [1.165, 1.54) is 12.3 Å². The normalized spacial score (nSPS) is 13.8.